The maximum atomic E-state index is 14.1. The van der Waals surface area contributed by atoms with Gasteiger partial charge in [-0.25, -0.2) is 4.21 Å². The molecule has 0 radical (unpaired) electrons. The fourth-order valence-electron chi connectivity index (χ4n) is 1.95. The number of nitrogens with one attached hydrogen (secondary N) is 1. The zero-order valence-electron chi connectivity index (χ0n) is 16.5. The van der Waals surface area contributed by atoms with Crippen LogP contribution in [0, 0.1) is 0 Å². The van der Waals surface area contributed by atoms with Crippen LogP contribution in [0.4, 0.5) is 5.69 Å². The van der Waals surface area contributed by atoms with Crippen molar-refractivity contribution in [1.29, 1.82) is 0 Å². The average Bonchev–Trinajstić information content (AvgIpc) is 2.34. The van der Waals surface area contributed by atoms with Gasteiger partial charge in [0.1, 0.15) is 0 Å². The van der Waals surface area contributed by atoms with Crippen LogP contribution in [0.3, 0.4) is 0 Å². The molecule has 4 nitrogen and oxygen atoms in total. The van der Waals surface area contributed by atoms with Gasteiger partial charge >= 0.3 is 0 Å². The van der Waals surface area contributed by atoms with E-state index < -0.39 is 22.7 Å². The third-order valence-electron chi connectivity index (χ3n) is 4.50. The highest BCUT2D eigenvalue weighted by Crippen LogP contribution is 2.40. The first-order valence-corrected chi connectivity index (χ1v) is 12.7. The number of hydrogen-bond acceptors (Lipinski definition) is 3. The molecule has 0 aliphatic carbocycles. The Kier molecular flexibility index (Phi) is 5.78. The summed E-state index contributed by atoms with van der Waals surface area (Å²) in [5.41, 5.74) is 0.655. The number of benzene rings is 1. The van der Waals surface area contributed by atoms with Gasteiger partial charge in [0.05, 0.1) is 9.73 Å². The van der Waals surface area contributed by atoms with Crippen LogP contribution >= 0.6 is 0 Å². The number of rotatable bonds is 3. The lowest BCUT2D eigenvalue weighted by molar-refractivity contribution is -0.114. The minimum absolute atomic E-state index is 0.0101. The van der Waals surface area contributed by atoms with E-state index in [1.807, 2.05) is 32.9 Å². The van der Waals surface area contributed by atoms with E-state index in [-0.39, 0.29) is 10.9 Å². The minimum atomic E-state index is -2.65. The van der Waals surface area contributed by atoms with Crippen molar-refractivity contribution in [2.24, 2.45) is 4.03 Å². The van der Waals surface area contributed by atoms with Gasteiger partial charge in [0.2, 0.25) is 5.91 Å². The zero-order chi connectivity index (χ0) is 19.0. The molecule has 0 aliphatic heterocycles. The highest BCUT2D eigenvalue weighted by atomic mass is 32.2. The molecule has 0 saturated heterocycles. The monoisotopic (exact) mass is 368 g/mol. The number of carbonyl (C=O) groups excluding carboxylic acids is 1. The van der Waals surface area contributed by atoms with Gasteiger partial charge in [-0.15, -0.1) is 0 Å². The van der Waals surface area contributed by atoms with Crippen LogP contribution in [-0.2, 0) is 14.5 Å². The Bertz CT molecular complexity index is 734. The lowest BCUT2D eigenvalue weighted by atomic mass is 10.2. The van der Waals surface area contributed by atoms with Gasteiger partial charge in [-0.05, 0) is 57.1 Å². The largest absolute Gasteiger partial charge is 0.326 e. The third-order valence-corrected chi connectivity index (χ3v) is 13.6. The van der Waals surface area contributed by atoms with E-state index in [9.17, 15) is 9.00 Å². The van der Waals surface area contributed by atoms with Gasteiger partial charge in [-0.1, -0.05) is 26.8 Å². The minimum Gasteiger partial charge on any atom is -0.326 e. The van der Waals surface area contributed by atoms with E-state index in [1.165, 1.54) is 6.92 Å². The molecule has 0 aromatic heterocycles. The van der Waals surface area contributed by atoms with Crippen LogP contribution in [0.2, 0.25) is 18.1 Å². The molecule has 1 aromatic rings. The highest BCUT2D eigenvalue weighted by Gasteiger charge is 2.40. The van der Waals surface area contributed by atoms with Gasteiger partial charge in [-0.3, -0.25) is 8.82 Å². The average molecular weight is 369 g/mol. The summed E-state index contributed by atoms with van der Waals surface area (Å²) in [4.78, 5) is 12.0. The molecule has 1 unspecified atom stereocenters. The lowest BCUT2D eigenvalue weighted by Gasteiger charge is -2.36. The molecular formula is C18H32N2O2SSi. The molecule has 0 spiro atoms. The molecule has 6 heteroatoms. The predicted molar refractivity (Wildman–Crippen MR) is 107 cm³/mol. The van der Waals surface area contributed by atoms with E-state index in [0.29, 0.717) is 10.6 Å². The summed E-state index contributed by atoms with van der Waals surface area (Å²) in [5, 5.41) is 2.78. The van der Waals surface area contributed by atoms with Crippen molar-refractivity contribution in [3.05, 3.63) is 24.3 Å². The lowest BCUT2D eigenvalue weighted by Crippen LogP contribution is -2.39. The summed E-state index contributed by atoms with van der Waals surface area (Å²) in [5.74, 6) is -0.143. The van der Waals surface area contributed by atoms with Crippen molar-refractivity contribution in [1.82, 2.24) is 0 Å². The highest BCUT2D eigenvalue weighted by molar-refractivity contribution is 7.95. The second kappa shape index (κ2) is 6.63. The van der Waals surface area contributed by atoms with Crippen LogP contribution in [0.5, 0.6) is 0 Å². The molecule has 0 saturated carbocycles. The van der Waals surface area contributed by atoms with Crippen molar-refractivity contribution >= 4 is 29.6 Å². The van der Waals surface area contributed by atoms with E-state index >= 15 is 0 Å². The topological polar surface area (TPSA) is 58.5 Å². The first kappa shape index (κ1) is 20.9. The van der Waals surface area contributed by atoms with Gasteiger partial charge in [0.15, 0.2) is 8.24 Å². The molecule has 0 aliphatic rings. The van der Waals surface area contributed by atoms with Crippen molar-refractivity contribution in [2.75, 3.05) is 5.32 Å². The Balaban J connectivity index is 3.66. The molecule has 1 atom stereocenters. The van der Waals surface area contributed by atoms with Crippen molar-refractivity contribution in [3.8, 4) is 0 Å². The standard InChI is InChI=1S/C18H32N2O2SSi/c1-14(21)19-15-11-10-12-16(13-15)23(22,17(2,3)4)20-24(8,9)18(5,6)7/h10-13H,1-9H3,(H,19,21). The third kappa shape index (κ3) is 4.48. The summed E-state index contributed by atoms with van der Waals surface area (Å²) in [7, 11) is -4.77. The Morgan fingerprint density at radius 1 is 1.12 bits per heavy atom. The number of hydrogen-bond donors (Lipinski definition) is 1. The molecule has 1 N–H and O–H groups in total. The maximum Gasteiger partial charge on any atom is 0.221 e. The molecule has 1 rings (SSSR count). The fourth-order valence-corrected chi connectivity index (χ4v) is 8.39. The second-order valence-corrected chi connectivity index (χ2v) is 16.8. The Hall–Kier alpha value is -1.14. The summed E-state index contributed by atoms with van der Waals surface area (Å²) < 4.78 is 18.6. The molecule has 0 heterocycles. The first-order valence-electron chi connectivity index (χ1n) is 8.26. The molecule has 1 amide bonds. The molecule has 1 aromatic carbocycles. The summed E-state index contributed by atoms with van der Waals surface area (Å²) in [6.07, 6.45) is 0. The molecule has 24 heavy (non-hydrogen) atoms. The number of amides is 1. The molecule has 0 fully saturated rings. The van der Waals surface area contributed by atoms with Gasteiger partial charge in [0, 0.05) is 22.3 Å². The van der Waals surface area contributed by atoms with Crippen LogP contribution in [0.15, 0.2) is 33.2 Å². The summed E-state index contributed by atoms with van der Waals surface area (Å²) >= 11 is 0. The van der Waals surface area contributed by atoms with Crippen LogP contribution < -0.4 is 5.32 Å². The normalized spacial score (nSPS) is 15.5. The van der Waals surface area contributed by atoms with Crippen molar-refractivity contribution in [3.63, 3.8) is 0 Å². The van der Waals surface area contributed by atoms with E-state index in [0.717, 1.165) is 0 Å². The smallest absolute Gasteiger partial charge is 0.221 e. The van der Waals surface area contributed by atoms with Crippen molar-refractivity contribution < 1.29 is 9.00 Å². The number of carbonyl (C=O) groups is 1. The summed E-state index contributed by atoms with van der Waals surface area (Å²) in [6, 6.07) is 7.29. The molecular weight excluding hydrogens is 336 g/mol. The Morgan fingerprint density at radius 3 is 2.08 bits per heavy atom. The van der Waals surface area contributed by atoms with Crippen LogP contribution in [-0.4, -0.2) is 23.1 Å². The van der Waals surface area contributed by atoms with Crippen LogP contribution in [0.25, 0.3) is 0 Å². The fraction of sp³-hybridized carbons (Fsp3) is 0.611. The maximum absolute atomic E-state index is 14.1. The number of anilines is 1. The van der Waals surface area contributed by atoms with Crippen molar-refractivity contribution in [2.45, 2.75) is 76.2 Å². The van der Waals surface area contributed by atoms with Gasteiger partial charge in [-0.2, -0.15) is 0 Å². The van der Waals surface area contributed by atoms with Gasteiger partial charge < -0.3 is 5.32 Å². The SMILES string of the molecule is CC(=O)Nc1cccc(S(=O)(=N[Si](C)(C)C(C)(C)C)C(C)(C)C)c1. The predicted octanol–water partition coefficient (Wildman–Crippen LogP) is 5.28. The summed E-state index contributed by atoms with van der Waals surface area (Å²) in [6.45, 7) is 18.2. The Labute approximate surface area is 148 Å². The first-order chi connectivity index (χ1) is 10.6. The van der Waals surface area contributed by atoms with E-state index in [1.54, 1.807) is 12.1 Å². The molecule has 0 bridgehead atoms. The van der Waals surface area contributed by atoms with Crippen LogP contribution in [0.1, 0.15) is 48.5 Å². The quantitative estimate of drug-likeness (QED) is 0.738. The van der Waals surface area contributed by atoms with Gasteiger partial charge in [0.25, 0.3) is 0 Å². The number of nitrogens with zero attached hydrogens (tertiary/aromatic N) is 1. The van der Waals surface area contributed by atoms with E-state index in [2.05, 4.69) is 39.2 Å². The van der Waals surface area contributed by atoms with E-state index in [4.69, 9.17) is 4.03 Å². The molecule has 136 valence electrons. The zero-order valence-corrected chi connectivity index (χ0v) is 18.3. The second-order valence-electron chi connectivity index (χ2n) is 8.75. The Morgan fingerprint density at radius 2 is 1.67 bits per heavy atom.